The van der Waals surface area contributed by atoms with Gasteiger partial charge in [-0.05, 0) is 32.0 Å². The highest BCUT2D eigenvalue weighted by Crippen LogP contribution is 2.21. The van der Waals surface area contributed by atoms with Crippen LogP contribution in [0.15, 0.2) is 30.5 Å². The van der Waals surface area contributed by atoms with E-state index in [0.717, 1.165) is 29.4 Å². The van der Waals surface area contributed by atoms with E-state index < -0.39 is 0 Å². The molecule has 1 saturated heterocycles. The zero-order chi connectivity index (χ0) is 11.7. The molecule has 1 aliphatic rings. The van der Waals surface area contributed by atoms with Crippen LogP contribution in [0.3, 0.4) is 0 Å². The molecule has 0 unspecified atom stereocenters. The monoisotopic (exact) mass is 228 g/mol. The summed E-state index contributed by atoms with van der Waals surface area (Å²) in [5.41, 5.74) is 1.95. The van der Waals surface area contributed by atoms with Crippen LogP contribution >= 0.6 is 0 Å². The normalized spacial score (nSPS) is 16.7. The zero-order valence-corrected chi connectivity index (χ0v) is 9.80. The third-order valence-corrected chi connectivity index (χ3v) is 3.50. The molecule has 1 fully saturated rings. The maximum atomic E-state index is 11.0. The van der Waals surface area contributed by atoms with Crippen LogP contribution in [0.4, 0.5) is 0 Å². The predicted octanol–water partition coefficient (Wildman–Crippen LogP) is 2.51. The molecule has 1 aromatic carbocycles. The third-order valence-electron chi connectivity index (χ3n) is 3.50. The molecule has 1 aliphatic heterocycles. The number of carbonyl (C=O) groups is 1. The maximum Gasteiger partial charge on any atom is 0.152 e. The van der Waals surface area contributed by atoms with Crippen molar-refractivity contribution in [3.05, 3.63) is 36.0 Å². The van der Waals surface area contributed by atoms with Crippen molar-refractivity contribution in [1.82, 2.24) is 9.47 Å². The molecular formula is C14H16N2O. The van der Waals surface area contributed by atoms with Gasteiger partial charge in [-0.3, -0.25) is 9.69 Å². The summed E-state index contributed by atoms with van der Waals surface area (Å²) in [5.74, 6) is 0. The highest BCUT2D eigenvalue weighted by Gasteiger charge is 2.14. The number of nitrogens with zero attached hydrogens (tertiary/aromatic N) is 2. The molecule has 3 rings (SSSR count). The van der Waals surface area contributed by atoms with Gasteiger partial charge in [0.05, 0.1) is 6.67 Å². The fourth-order valence-electron chi connectivity index (χ4n) is 2.63. The van der Waals surface area contributed by atoms with Crippen LogP contribution < -0.4 is 0 Å². The second-order valence-corrected chi connectivity index (χ2v) is 4.66. The van der Waals surface area contributed by atoms with E-state index in [4.69, 9.17) is 0 Å². The first-order valence-corrected chi connectivity index (χ1v) is 6.14. The second kappa shape index (κ2) is 4.34. The number of aromatic nitrogens is 1. The van der Waals surface area contributed by atoms with Crippen LogP contribution in [0.1, 0.15) is 23.2 Å². The van der Waals surface area contributed by atoms with E-state index in [2.05, 4.69) is 15.5 Å². The van der Waals surface area contributed by atoms with Gasteiger partial charge in [0.2, 0.25) is 0 Å². The molecule has 0 atom stereocenters. The van der Waals surface area contributed by atoms with Crippen molar-refractivity contribution in [1.29, 1.82) is 0 Å². The Bertz CT molecular complexity index is 538. The number of hydrogen-bond acceptors (Lipinski definition) is 2. The minimum absolute atomic E-state index is 0.791. The van der Waals surface area contributed by atoms with Crippen molar-refractivity contribution in [3.8, 4) is 0 Å². The van der Waals surface area contributed by atoms with Crippen LogP contribution in [0, 0.1) is 0 Å². The van der Waals surface area contributed by atoms with E-state index in [1.54, 1.807) is 0 Å². The smallest absolute Gasteiger partial charge is 0.152 e. The average Bonchev–Trinajstić information content (AvgIpc) is 2.98. The van der Waals surface area contributed by atoms with Crippen LogP contribution in [-0.2, 0) is 6.67 Å². The van der Waals surface area contributed by atoms with Crippen molar-refractivity contribution >= 4 is 17.2 Å². The van der Waals surface area contributed by atoms with Gasteiger partial charge in [-0.15, -0.1) is 0 Å². The topological polar surface area (TPSA) is 25.2 Å². The van der Waals surface area contributed by atoms with Gasteiger partial charge >= 0.3 is 0 Å². The SMILES string of the molecule is O=Cc1cn(CN2CCCC2)c2ccccc12. The molecule has 0 N–H and O–H groups in total. The van der Waals surface area contributed by atoms with Crippen LogP contribution in [0.25, 0.3) is 10.9 Å². The van der Waals surface area contributed by atoms with Gasteiger partial charge in [0.25, 0.3) is 0 Å². The minimum Gasteiger partial charge on any atom is -0.333 e. The summed E-state index contributed by atoms with van der Waals surface area (Å²) in [5, 5.41) is 1.06. The Morgan fingerprint density at radius 2 is 1.94 bits per heavy atom. The molecule has 0 saturated carbocycles. The molecule has 0 aliphatic carbocycles. The first-order chi connectivity index (χ1) is 8.38. The highest BCUT2D eigenvalue weighted by atomic mass is 16.1. The van der Waals surface area contributed by atoms with E-state index in [0.29, 0.717) is 0 Å². The van der Waals surface area contributed by atoms with Gasteiger partial charge in [0.15, 0.2) is 6.29 Å². The summed E-state index contributed by atoms with van der Waals surface area (Å²) in [6, 6.07) is 8.10. The van der Waals surface area contributed by atoms with Crippen molar-refractivity contribution in [3.63, 3.8) is 0 Å². The predicted molar refractivity (Wildman–Crippen MR) is 68.1 cm³/mol. The fraction of sp³-hybridized carbons (Fsp3) is 0.357. The van der Waals surface area contributed by atoms with Crippen LogP contribution in [0.2, 0.25) is 0 Å². The molecule has 0 radical (unpaired) electrons. The molecule has 0 bridgehead atoms. The van der Waals surface area contributed by atoms with Crippen molar-refractivity contribution in [2.24, 2.45) is 0 Å². The maximum absolute atomic E-state index is 11.0. The third kappa shape index (κ3) is 1.87. The number of benzene rings is 1. The van der Waals surface area contributed by atoms with Crippen LogP contribution in [0.5, 0.6) is 0 Å². The lowest BCUT2D eigenvalue weighted by Crippen LogP contribution is -2.22. The number of carbonyl (C=O) groups excluding carboxylic acids is 1. The summed E-state index contributed by atoms with van der Waals surface area (Å²) in [6.07, 6.45) is 5.50. The molecule has 0 amide bonds. The average molecular weight is 228 g/mol. The molecule has 3 nitrogen and oxygen atoms in total. The van der Waals surface area contributed by atoms with Crippen molar-refractivity contribution in [2.45, 2.75) is 19.5 Å². The molecular weight excluding hydrogens is 212 g/mol. The summed E-state index contributed by atoms with van der Waals surface area (Å²) in [4.78, 5) is 13.5. The summed E-state index contributed by atoms with van der Waals surface area (Å²) in [7, 11) is 0. The summed E-state index contributed by atoms with van der Waals surface area (Å²) < 4.78 is 2.18. The minimum atomic E-state index is 0.791. The quantitative estimate of drug-likeness (QED) is 0.754. The van der Waals surface area contributed by atoms with Gasteiger partial charge in [-0.1, -0.05) is 18.2 Å². The zero-order valence-electron chi connectivity index (χ0n) is 9.80. The lowest BCUT2D eigenvalue weighted by molar-refractivity contribution is 0.112. The van der Waals surface area contributed by atoms with Gasteiger partial charge in [0.1, 0.15) is 0 Å². The Kier molecular flexibility index (Phi) is 2.69. The second-order valence-electron chi connectivity index (χ2n) is 4.66. The van der Waals surface area contributed by atoms with Crippen molar-refractivity contribution in [2.75, 3.05) is 13.1 Å². The summed E-state index contributed by atoms with van der Waals surface area (Å²) in [6.45, 7) is 3.24. The first kappa shape index (κ1) is 10.5. The molecule has 0 spiro atoms. The Balaban J connectivity index is 2.00. The molecule has 2 heterocycles. The van der Waals surface area contributed by atoms with Gasteiger partial charge in [0, 0.05) is 22.7 Å². The van der Waals surface area contributed by atoms with Gasteiger partial charge in [-0.2, -0.15) is 0 Å². The largest absolute Gasteiger partial charge is 0.333 e. The number of para-hydroxylation sites is 1. The molecule has 3 heteroatoms. The number of aldehydes is 1. The van der Waals surface area contributed by atoms with E-state index in [9.17, 15) is 4.79 Å². The first-order valence-electron chi connectivity index (χ1n) is 6.14. The Hall–Kier alpha value is -1.61. The van der Waals surface area contributed by atoms with Crippen molar-refractivity contribution < 1.29 is 4.79 Å². The lowest BCUT2D eigenvalue weighted by atomic mass is 10.2. The number of likely N-dealkylation sites (tertiary alicyclic amines) is 1. The number of hydrogen-bond donors (Lipinski definition) is 0. The lowest BCUT2D eigenvalue weighted by Gasteiger charge is -2.16. The number of rotatable bonds is 3. The molecule has 88 valence electrons. The fourth-order valence-corrected chi connectivity index (χ4v) is 2.63. The van der Waals surface area contributed by atoms with E-state index in [1.807, 2.05) is 24.4 Å². The van der Waals surface area contributed by atoms with E-state index >= 15 is 0 Å². The van der Waals surface area contributed by atoms with E-state index in [1.165, 1.54) is 25.9 Å². The van der Waals surface area contributed by atoms with E-state index in [-0.39, 0.29) is 0 Å². The molecule has 2 aromatic rings. The Labute approximate surface area is 101 Å². The standard InChI is InChI=1S/C14H16N2O/c17-10-12-9-16(11-15-7-3-4-8-15)14-6-2-1-5-13(12)14/h1-2,5-6,9-10H,3-4,7-8,11H2. The van der Waals surface area contributed by atoms with Gasteiger partial charge < -0.3 is 4.57 Å². The summed E-state index contributed by atoms with van der Waals surface area (Å²) >= 11 is 0. The molecule has 1 aromatic heterocycles. The van der Waals surface area contributed by atoms with Crippen LogP contribution in [-0.4, -0.2) is 28.8 Å². The number of fused-ring (bicyclic) bond motifs is 1. The van der Waals surface area contributed by atoms with Gasteiger partial charge in [-0.25, -0.2) is 0 Å². The Morgan fingerprint density at radius 1 is 1.18 bits per heavy atom. The Morgan fingerprint density at radius 3 is 2.71 bits per heavy atom. The highest BCUT2D eigenvalue weighted by molar-refractivity contribution is 5.97. The molecule has 17 heavy (non-hydrogen) atoms.